The Hall–Kier alpha value is -1.20. The highest BCUT2D eigenvalue weighted by atomic mass is 35.5. The first-order valence-corrected chi connectivity index (χ1v) is 8.01. The molecular formula is C17H19ClN2. The smallest absolute Gasteiger partial charge is 0.101 e. The summed E-state index contributed by atoms with van der Waals surface area (Å²) in [6.07, 6.45) is 8.12. The molecule has 5 rings (SSSR count). The molecule has 3 heteroatoms. The Kier molecular flexibility index (Phi) is 2.76. The van der Waals surface area contributed by atoms with Gasteiger partial charge in [-0.2, -0.15) is 5.26 Å². The fourth-order valence-electron chi connectivity index (χ4n) is 5.27. The first-order chi connectivity index (χ1) is 9.66. The van der Waals surface area contributed by atoms with Gasteiger partial charge in [0.25, 0.3) is 0 Å². The third kappa shape index (κ3) is 2.00. The van der Waals surface area contributed by atoms with E-state index in [0.29, 0.717) is 10.6 Å². The molecule has 1 aromatic carbocycles. The van der Waals surface area contributed by atoms with Gasteiger partial charge in [0.05, 0.1) is 11.3 Å². The molecule has 1 N–H and O–H groups in total. The summed E-state index contributed by atoms with van der Waals surface area (Å²) in [4.78, 5) is 0. The average molecular weight is 287 g/mol. The number of rotatable bonds is 2. The van der Waals surface area contributed by atoms with E-state index in [2.05, 4.69) is 11.4 Å². The topological polar surface area (TPSA) is 35.8 Å². The molecule has 4 aliphatic rings. The second-order valence-corrected chi connectivity index (χ2v) is 7.56. The summed E-state index contributed by atoms with van der Waals surface area (Å²) in [7, 11) is 0. The van der Waals surface area contributed by atoms with E-state index in [4.69, 9.17) is 11.6 Å². The predicted octanol–water partition coefficient (Wildman–Crippen LogP) is 4.59. The second-order valence-electron chi connectivity index (χ2n) is 7.12. The molecule has 4 fully saturated rings. The molecule has 0 amide bonds. The molecule has 104 valence electrons. The number of hydrogen-bond acceptors (Lipinski definition) is 2. The molecule has 0 aromatic heterocycles. The van der Waals surface area contributed by atoms with Gasteiger partial charge >= 0.3 is 0 Å². The Morgan fingerprint density at radius 2 is 1.70 bits per heavy atom. The lowest BCUT2D eigenvalue weighted by Crippen LogP contribution is -2.54. The van der Waals surface area contributed by atoms with E-state index in [1.54, 1.807) is 6.07 Å². The van der Waals surface area contributed by atoms with Crippen molar-refractivity contribution in [3.8, 4) is 6.07 Å². The number of anilines is 1. The number of hydrogen-bond donors (Lipinski definition) is 1. The van der Waals surface area contributed by atoms with Gasteiger partial charge in [-0.05, 0) is 74.5 Å². The molecule has 4 aliphatic carbocycles. The van der Waals surface area contributed by atoms with E-state index < -0.39 is 0 Å². The number of halogens is 1. The standard InChI is InChI=1S/C17H19ClN2/c18-15-2-1-14(10-19)16(6-15)20-17-7-11-3-12(8-17)5-13(4-11)9-17/h1-2,6,11-13,20H,3-5,7-9H2. The van der Waals surface area contributed by atoms with Crippen LogP contribution in [0.5, 0.6) is 0 Å². The third-order valence-corrected chi connectivity index (χ3v) is 5.78. The van der Waals surface area contributed by atoms with Crippen molar-refractivity contribution in [2.45, 2.75) is 44.1 Å². The molecule has 4 bridgehead atoms. The van der Waals surface area contributed by atoms with Crippen LogP contribution in [0.3, 0.4) is 0 Å². The van der Waals surface area contributed by atoms with Crippen LogP contribution in [0.15, 0.2) is 18.2 Å². The molecule has 4 saturated carbocycles. The van der Waals surface area contributed by atoms with E-state index in [-0.39, 0.29) is 5.54 Å². The molecule has 1 aromatic rings. The normalized spacial score (nSPS) is 37.7. The lowest BCUT2D eigenvalue weighted by molar-refractivity contribution is 0.0107. The molecule has 0 spiro atoms. The van der Waals surface area contributed by atoms with Crippen molar-refractivity contribution in [1.29, 1.82) is 5.26 Å². The van der Waals surface area contributed by atoms with Crippen LogP contribution in [0.25, 0.3) is 0 Å². The van der Waals surface area contributed by atoms with E-state index in [0.717, 1.165) is 23.4 Å². The first kappa shape index (κ1) is 12.5. The maximum absolute atomic E-state index is 9.29. The zero-order valence-electron chi connectivity index (χ0n) is 11.5. The summed E-state index contributed by atoms with van der Waals surface area (Å²) >= 11 is 6.11. The summed E-state index contributed by atoms with van der Waals surface area (Å²) in [6.45, 7) is 0. The number of nitriles is 1. The Morgan fingerprint density at radius 1 is 1.10 bits per heavy atom. The molecule has 20 heavy (non-hydrogen) atoms. The molecule has 0 atom stereocenters. The Balaban J connectivity index is 1.66. The van der Waals surface area contributed by atoms with Gasteiger partial charge in [-0.3, -0.25) is 0 Å². The van der Waals surface area contributed by atoms with Crippen molar-refractivity contribution in [1.82, 2.24) is 0 Å². The van der Waals surface area contributed by atoms with E-state index >= 15 is 0 Å². The summed E-state index contributed by atoms with van der Waals surface area (Å²) in [5, 5.41) is 13.7. The average Bonchev–Trinajstić information content (AvgIpc) is 2.36. The third-order valence-electron chi connectivity index (χ3n) is 5.54. The maximum atomic E-state index is 9.29. The van der Waals surface area contributed by atoms with Crippen LogP contribution in [0.4, 0.5) is 5.69 Å². The van der Waals surface area contributed by atoms with Crippen molar-refractivity contribution in [2.75, 3.05) is 5.32 Å². The van der Waals surface area contributed by atoms with Gasteiger partial charge in [-0.15, -0.1) is 0 Å². The van der Waals surface area contributed by atoms with Crippen molar-refractivity contribution in [3.63, 3.8) is 0 Å². The molecule has 2 nitrogen and oxygen atoms in total. The van der Waals surface area contributed by atoms with E-state index in [9.17, 15) is 5.26 Å². The minimum Gasteiger partial charge on any atom is -0.378 e. The summed E-state index contributed by atoms with van der Waals surface area (Å²) in [6, 6.07) is 7.82. The highest BCUT2D eigenvalue weighted by Gasteiger charge is 2.51. The minimum atomic E-state index is 0.227. The Bertz CT molecular complexity index is 552. The van der Waals surface area contributed by atoms with E-state index in [1.807, 2.05) is 12.1 Å². The lowest BCUT2D eigenvalue weighted by atomic mass is 9.53. The largest absolute Gasteiger partial charge is 0.378 e. The fourth-order valence-corrected chi connectivity index (χ4v) is 5.44. The maximum Gasteiger partial charge on any atom is 0.101 e. The zero-order chi connectivity index (χ0) is 13.7. The lowest BCUT2D eigenvalue weighted by Gasteiger charge is -2.57. The number of benzene rings is 1. The molecule has 0 unspecified atom stereocenters. The van der Waals surface area contributed by atoms with Crippen molar-refractivity contribution >= 4 is 17.3 Å². The molecule has 0 heterocycles. The SMILES string of the molecule is N#Cc1ccc(Cl)cc1NC12CC3CC(CC(C3)C1)C2. The zero-order valence-corrected chi connectivity index (χ0v) is 12.3. The second kappa shape index (κ2) is 4.40. The molecule has 0 radical (unpaired) electrons. The van der Waals surface area contributed by atoms with Crippen molar-refractivity contribution in [3.05, 3.63) is 28.8 Å². The number of nitrogens with zero attached hydrogens (tertiary/aromatic N) is 1. The Labute approximate surface area is 125 Å². The van der Waals surface area contributed by atoms with Crippen LogP contribution >= 0.6 is 11.6 Å². The van der Waals surface area contributed by atoms with Gasteiger partial charge in [-0.1, -0.05) is 11.6 Å². The first-order valence-electron chi connectivity index (χ1n) is 7.64. The predicted molar refractivity (Wildman–Crippen MR) is 80.7 cm³/mol. The molecular weight excluding hydrogens is 268 g/mol. The minimum absolute atomic E-state index is 0.227. The Morgan fingerprint density at radius 3 is 2.25 bits per heavy atom. The van der Waals surface area contributed by atoms with Crippen LogP contribution in [0.2, 0.25) is 5.02 Å². The monoisotopic (exact) mass is 286 g/mol. The molecule has 0 aliphatic heterocycles. The van der Waals surface area contributed by atoms with Gasteiger partial charge in [0, 0.05) is 10.6 Å². The van der Waals surface area contributed by atoms with Gasteiger partial charge in [0.1, 0.15) is 6.07 Å². The van der Waals surface area contributed by atoms with Gasteiger partial charge < -0.3 is 5.32 Å². The van der Waals surface area contributed by atoms with Crippen LogP contribution in [-0.2, 0) is 0 Å². The van der Waals surface area contributed by atoms with Gasteiger partial charge in [-0.25, -0.2) is 0 Å². The van der Waals surface area contributed by atoms with Crippen LogP contribution in [0, 0.1) is 29.1 Å². The summed E-state index contributed by atoms with van der Waals surface area (Å²) < 4.78 is 0. The van der Waals surface area contributed by atoms with Gasteiger partial charge in [0.15, 0.2) is 0 Å². The summed E-state index contributed by atoms with van der Waals surface area (Å²) in [5.41, 5.74) is 1.87. The van der Waals surface area contributed by atoms with Crippen LogP contribution in [-0.4, -0.2) is 5.54 Å². The van der Waals surface area contributed by atoms with Crippen LogP contribution in [0.1, 0.15) is 44.1 Å². The van der Waals surface area contributed by atoms with E-state index in [1.165, 1.54) is 38.5 Å². The highest BCUT2D eigenvalue weighted by Crippen LogP contribution is 2.56. The van der Waals surface area contributed by atoms with Crippen molar-refractivity contribution < 1.29 is 0 Å². The van der Waals surface area contributed by atoms with Gasteiger partial charge in [0.2, 0.25) is 0 Å². The highest BCUT2D eigenvalue weighted by molar-refractivity contribution is 6.30. The summed E-state index contributed by atoms with van der Waals surface area (Å²) in [5.74, 6) is 2.70. The van der Waals surface area contributed by atoms with Crippen molar-refractivity contribution in [2.24, 2.45) is 17.8 Å². The molecule has 0 saturated heterocycles. The fraction of sp³-hybridized carbons (Fsp3) is 0.588. The van der Waals surface area contributed by atoms with Crippen LogP contribution < -0.4 is 5.32 Å². The quantitative estimate of drug-likeness (QED) is 0.863. The number of nitrogens with one attached hydrogen (secondary N) is 1.